The molecule has 2 rings (SSSR count). The lowest BCUT2D eigenvalue weighted by Gasteiger charge is -2.06. The molecule has 0 atom stereocenters. The van der Waals surface area contributed by atoms with Gasteiger partial charge in [0, 0.05) is 16.0 Å². The highest BCUT2D eigenvalue weighted by Gasteiger charge is 2.12. The van der Waals surface area contributed by atoms with E-state index in [-0.39, 0.29) is 11.1 Å². The van der Waals surface area contributed by atoms with E-state index in [1.807, 2.05) is 17.7 Å². The molecular formula is C11H8BrClN2OS. The van der Waals surface area contributed by atoms with Gasteiger partial charge in [0.1, 0.15) is 0 Å². The minimum Gasteiger partial charge on any atom is -0.319 e. The molecule has 0 unspecified atom stereocenters. The Morgan fingerprint density at radius 3 is 2.94 bits per heavy atom. The number of nitrogens with one attached hydrogen (secondary N) is 1. The second kappa shape index (κ2) is 5.16. The maximum Gasteiger partial charge on any atom is 0.256 e. The Bertz CT molecular complexity index is 570. The van der Waals surface area contributed by atoms with Crippen LogP contribution in [0.15, 0.2) is 27.5 Å². The van der Waals surface area contributed by atoms with Gasteiger partial charge in [-0.05, 0) is 39.9 Å². The number of pyridine rings is 1. The van der Waals surface area contributed by atoms with Gasteiger partial charge in [-0.15, -0.1) is 0 Å². The van der Waals surface area contributed by atoms with Crippen LogP contribution in [0.4, 0.5) is 5.69 Å². The zero-order chi connectivity index (χ0) is 12.4. The molecule has 0 aromatic carbocycles. The number of carbonyl (C=O) groups excluding carboxylic acids is 1. The molecule has 0 spiro atoms. The highest BCUT2D eigenvalue weighted by molar-refractivity contribution is 9.10. The minimum atomic E-state index is -0.175. The first kappa shape index (κ1) is 12.5. The molecule has 17 heavy (non-hydrogen) atoms. The molecule has 0 aliphatic heterocycles. The van der Waals surface area contributed by atoms with E-state index in [4.69, 9.17) is 11.6 Å². The van der Waals surface area contributed by atoms with Gasteiger partial charge in [0.25, 0.3) is 5.91 Å². The number of hydrogen-bond acceptors (Lipinski definition) is 3. The van der Waals surface area contributed by atoms with Gasteiger partial charge in [0.05, 0.1) is 11.3 Å². The van der Waals surface area contributed by atoms with Crippen LogP contribution in [-0.2, 0) is 0 Å². The molecule has 88 valence electrons. The molecule has 1 N–H and O–H groups in total. The maximum atomic E-state index is 12.0. The Balaban J connectivity index is 2.24. The van der Waals surface area contributed by atoms with Gasteiger partial charge in [-0.3, -0.25) is 4.79 Å². The van der Waals surface area contributed by atoms with Gasteiger partial charge >= 0.3 is 0 Å². The van der Waals surface area contributed by atoms with Crippen LogP contribution in [0.2, 0.25) is 5.15 Å². The highest BCUT2D eigenvalue weighted by atomic mass is 79.9. The monoisotopic (exact) mass is 330 g/mol. The number of carbonyl (C=O) groups is 1. The van der Waals surface area contributed by atoms with Gasteiger partial charge < -0.3 is 5.32 Å². The van der Waals surface area contributed by atoms with Gasteiger partial charge in [-0.2, -0.15) is 11.3 Å². The number of rotatable bonds is 2. The van der Waals surface area contributed by atoms with E-state index >= 15 is 0 Å². The molecule has 0 fully saturated rings. The average molecular weight is 332 g/mol. The summed E-state index contributed by atoms with van der Waals surface area (Å²) in [4.78, 5) is 15.9. The Labute approximate surface area is 116 Å². The predicted octanol–water partition coefficient (Wildman–Crippen LogP) is 4.12. The lowest BCUT2D eigenvalue weighted by atomic mass is 10.2. The van der Waals surface area contributed by atoms with Crippen molar-refractivity contribution >= 4 is 50.5 Å². The third-order valence-electron chi connectivity index (χ3n) is 2.15. The number of aryl methyl sites for hydroxylation is 1. The van der Waals surface area contributed by atoms with Crippen LogP contribution in [0, 0.1) is 6.92 Å². The molecular weight excluding hydrogens is 324 g/mol. The standard InChI is InChI=1S/C11H8BrClN2OS/c1-6-4-17-5-8(6)11(16)15-9-2-7(12)3-14-10(9)13/h2-5H,1H3,(H,15,16). The number of halogens is 2. The summed E-state index contributed by atoms with van der Waals surface area (Å²) in [7, 11) is 0. The molecule has 3 nitrogen and oxygen atoms in total. The molecule has 2 aromatic heterocycles. The first-order valence-electron chi connectivity index (χ1n) is 4.73. The first-order valence-corrected chi connectivity index (χ1v) is 6.84. The third kappa shape index (κ3) is 2.86. The van der Waals surface area contributed by atoms with Crippen LogP contribution in [0.5, 0.6) is 0 Å². The van der Waals surface area contributed by atoms with Crippen molar-refractivity contribution in [3.05, 3.63) is 43.8 Å². The number of nitrogens with zero attached hydrogens (tertiary/aromatic N) is 1. The summed E-state index contributed by atoms with van der Waals surface area (Å²) < 4.78 is 0.763. The van der Waals surface area contributed by atoms with Crippen molar-refractivity contribution in [1.82, 2.24) is 4.98 Å². The molecule has 6 heteroatoms. The summed E-state index contributed by atoms with van der Waals surface area (Å²) in [5, 5.41) is 6.75. The number of amides is 1. The zero-order valence-electron chi connectivity index (χ0n) is 8.83. The topological polar surface area (TPSA) is 42.0 Å². The van der Waals surface area contributed by atoms with Crippen molar-refractivity contribution in [2.45, 2.75) is 6.92 Å². The van der Waals surface area contributed by atoms with Gasteiger partial charge in [-0.1, -0.05) is 11.6 Å². The van der Waals surface area contributed by atoms with Crippen molar-refractivity contribution in [3.8, 4) is 0 Å². The smallest absolute Gasteiger partial charge is 0.256 e. The molecule has 0 radical (unpaired) electrons. The average Bonchev–Trinajstić information content (AvgIpc) is 2.70. The van der Waals surface area contributed by atoms with Crippen LogP contribution < -0.4 is 5.32 Å². The summed E-state index contributed by atoms with van der Waals surface area (Å²) in [5.41, 5.74) is 2.11. The summed E-state index contributed by atoms with van der Waals surface area (Å²) >= 11 is 10.7. The van der Waals surface area contributed by atoms with E-state index in [2.05, 4.69) is 26.2 Å². The van der Waals surface area contributed by atoms with Crippen molar-refractivity contribution in [1.29, 1.82) is 0 Å². The molecule has 2 aromatic rings. The molecule has 0 aliphatic carbocycles. The van der Waals surface area contributed by atoms with Crippen molar-refractivity contribution < 1.29 is 4.79 Å². The van der Waals surface area contributed by atoms with E-state index in [1.165, 1.54) is 11.3 Å². The summed E-state index contributed by atoms with van der Waals surface area (Å²) in [6, 6.07) is 1.72. The largest absolute Gasteiger partial charge is 0.319 e. The quantitative estimate of drug-likeness (QED) is 0.841. The van der Waals surface area contributed by atoms with Crippen molar-refractivity contribution in [2.75, 3.05) is 5.32 Å². The van der Waals surface area contributed by atoms with E-state index in [1.54, 1.807) is 12.3 Å². The predicted molar refractivity (Wildman–Crippen MR) is 74.0 cm³/mol. The van der Waals surface area contributed by atoms with E-state index in [0.717, 1.165) is 10.0 Å². The molecule has 2 heterocycles. The summed E-state index contributed by atoms with van der Waals surface area (Å²) in [6.45, 7) is 1.90. The fraction of sp³-hybridized carbons (Fsp3) is 0.0909. The second-order valence-electron chi connectivity index (χ2n) is 3.41. The number of aromatic nitrogens is 1. The van der Waals surface area contributed by atoms with E-state index in [9.17, 15) is 4.79 Å². The lowest BCUT2D eigenvalue weighted by molar-refractivity contribution is 0.102. The molecule has 0 aliphatic rings. The van der Waals surface area contributed by atoms with Gasteiger partial charge in [0.15, 0.2) is 5.15 Å². The number of anilines is 1. The summed E-state index contributed by atoms with van der Waals surface area (Å²) in [6.07, 6.45) is 1.58. The number of thiophene rings is 1. The van der Waals surface area contributed by atoms with Crippen LogP contribution in [0.1, 0.15) is 15.9 Å². The van der Waals surface area contributed by atoms with Crippen LogP contribution >= 0.6 is 38.9 Å². The Hall–Kier alpha value is -0.910. The maximum absolute atomic E-state index is 12.0. The first-order chi connectivity index (χ1) is 8.08. The third-order valence-corrected chi connectivity index (χ3v) is 3.75. The van der Waals surface area contributed by atoms with Crippen molar-refractivity contribution in [3.63, 3.8) is 0 Å². The van der Waals surface area contributed by atoms with Crippen molar-refractivity contribution in [2.24, 2.45) is 0 Å². The van der Waals surface area contributed by atoms with Gasteiger partial charge in [0.2, 0.25) is 0 Å². The zero-order valence-corrected chi connectivity index (χ0v) is 12.0. The second-order valence-corrected chi connectivity index (χ2v) is 5.43. The lowest BCUT2D eigenvalue weighted by Crippen LogP contribution is -2.12. The molecule has 0 bridgehead atoms. The van der Waals surface area contributed by atoms with Crippen LogP contribution in [0.25, 0.3) is 0 Å². The molecule has 0 saturated carbocycles. The molecule has 0 saturated heterocycles. The van der Waals surface area contributed by atoms with E-state index < -0.39 is 0 Å². The fourth-order valence-electron chi connectivity index (χ4n) is 1.29. The SMILES string of the molecule is Cc1cscc1C(=O)Nc1cc(Br)cnc1Cl. The minimum absolute atomic E-state index is 0.175. The van der Waals surface area contributed by atoms with Crippen LogP contribution in [-0.4, -0.2) is 10.9 Å². The Morgan fingerprint density at radius 1 is 1.53 bits per heavy atom. The number of hydrogen-bond donors (Lipinski definition) is 1. The Kier molecular flexibility index (Phi) is 3.81. The highest BCUT2D eigenvalue weighted by Crippen LogP contribution is 2.24. The van der Waals surface area contributed by atoms with Crippen LogP contribution in [0.3, 0.4) is 0 Å². The van der Waals surface area contributed by atoms with E-state index in [0.29, 0.717) is 11.3 Å². The summed E-state index contributed by atoms with van der Waals surface area (Å²) in [5.74, 6) is -0.175. The fourth-order valence-corrected chi connectivity index (χ4v) is 2.60. The normalized spacial score (nSPS) is 10.3. The molecule has 1 amide bonds. The Morgan fingerprint density at radius 2 is 2.29 bits per heavy atom. The van der Waals surface area contributed by atoms with Gasteiger partial charge in [-0.25, -0.2) is 4.98 Å².